The first kappa shape index (κ1) is 31.5. The van der Waals surface area contributed by atoms with E-state index in [1.165, 1.54) is 44.4 Å². The first-order valence-corrected chi connectivity index (χ1v) is 14.5. The summed E-state index contributed by atoms with van der Waals surface area (Å²) in [5.41, 5.74) is -6.66. The summed E-state index contributed by atoms with van der Waals surface area (Å²) in [6, 6.07) is 9.61. The molecule has 2 aliphatic carbocycles. The lowest BCUT2D eigenvalue weighted by Crippen LogP contribution is -2.52. The number of carbonyl (C=O) groups is 2. The Morgan fingerprint density at radius 2 is 1.78 bits per heavy atom. The van der Waals surface area contributed by atoms with Crippen LogP contribution in [0, 0.1) is 5.82 Å². The SMILES string of the molecule is COc1cc(C(=O)NCC(O)(c2cc3c(c(-c4ccc(F)cc4)n2)OC[C@]3(C)C(=O)NC2(F)CC2)C(F)(F)F)ccc1OC1CC1. The minimum Gasteiger partial charge on any atom is -0.493 e. The van der Waals surface area contributed by atoms with Gasteiger partial charge in [-0.1, -0.05) is 0 Å². The minimum absolute atomic E-state index is 0.0279. The second-order valence-corrected chi connectivity index (χ2v) is 12.0. The van der Waals surface area contributed by atoms with Crippen LogP contribution >= 0.6 is 0 Å². The van der Waals surface area contributed by atoms with Crippen LogP contribution in [0.15, 0.2) is 48.5 Å². The number of ether oxygens (including phenoxy) is 3. The summed E-state index contributed by atoms with van der Waals surface area (Å²) in [6.45, 7) is -0.368. The molecule has 2 heterocycles. The summed E-state index contributed by atoms with van der Waals surface area (Å²) in [4.78, 5) is 30.4. The second kappa shape index (κ2) is 11.1. The van der Waals surface area contributed by atoms with E-state index in [0.29, 0.717) is 5.75 Å². The number of amides is 2. The van der Waals surface area contributed by atoms with Gasteiger partial charge in [0.25, 0.3) is 5.91 Å². The molecule has 2 aromatic carbocycles. The van der Waals surface area contributed by atoms with Gasteiger partial charge < -0.3 is 30.0 Å². The Morgan fingerprint density at radius 1 is 1.09 bits per heavy atom. The molecule has 0 saturated heterocycles. The Kier molecular flexibility index (Phi) is 7.61. The molecule has 9 nitrogen and oxygen atoms in total. The molecule has 46 heavy (non-hydrogen) atoms. The van der Waals surface area contributed by atoms with E-state index in [2.05, 4.69) is 15.6 Å². The average Bonchev–Trinajstić information content (AvgIpc) is 3.95. The fraction of sp³-hybridized carbons (Fsp3) is 0.406. The van der Waals surface area contributed by atoms with Gasteiger partial charge in [-0.15, -0.1) is 0 Å². The number of aromatic nitrogens is 1. The lowest BCUT2D eigenvalue weighted by Gasteiger charge is -2.32. The maximum atomic E-state index is 14.8. The average molecular weight is 648 g/mol. The standard InChI is InChI=1S/C32H30F5N3O6/c1-29(28(42)40-30(34)11-12-30)16-45-26-21(29)14-24(39-25(26)17-3-6-19(33)7-4-17)31(43,32(35,36)37)15-38-27(41)18-5-10-22(23(13-18)44-2)46-20-8-9-20/h3-7,10,13-14,20,43H,8-9,11-12,15-16H2,1-2H3,(H,38,41)(H,40,42)/t29-,31?/m0/s1. The molecule has 2 saturated carbocycles. The number of fused-ring (bicyclic) bond motifs is 1. The normalized spacial score (nSPS) is 21.0. The highest BCUT2D eigenvalue weighted by molar-refractivity contribution is 5.95. The fourth-order valence-electron chi connectivity index (χ4n) is 5.08. The van der Waals surface area contributed by atoms with Crippen LogP contribution in [-0.2, 0) is 15.8 Å². The highest BCUT2D eigenvalue weighted by atomic mass is 19.4. The fourth-order valence-corrected chi connectivity index (χ4v) is 5.08. The number of pyridine rings is 1. The molecular weight excluding hydrogens is 617 g/mol. The van der Waals surface area contributed by atoms with Crippen LogP contribution in [0.4, 0.5) is 22.0 Å². The van der Waals surface area contributed by atoms with Crippen molar-refractivity contribution in [2.75, 3.05) is 20.3 Å². The summed E-state index contributed by atoms with van der Waals surface area (Å²) < 4.78 is 89.4. The molecular formula is C32H30F5N3O6. The lowest BCUT2D eigenvalue weighted by atomic mass is 9.81. The van der Waals surface area contributed by atoms with E-state index in [-0.39, 0.29) is 59.4 Å². The second-order valence-electron chi connectivity index (χ2n) is 12.0. The molecule has 14 heteroatoms. The monoisotopic (exact) mass is 647 g/mol. The Morgan fingerprint density at radius 3 is 2.39 bits per heavy atom. The molecule has 3 aliphatic rings. The molecule has 0 radical (unpaired) electrons. The first-order valence-electron chi connectivity index (χ1n) is 14.5. The quantitative estimate of drug-likeness (QED) is 0.213. The van der Waals surface area contributed by atoms with Crippen molar-refractivity contribution in [1.82, 2.24) is 15.6 Å². The molecule has 1 aromatic heterocycles. The summed E-state index contributed by atoms with van der Waals surface area (Å²) in [5, 5.41) is 15.7. The van der Waals surface area contributed by atoms with Gasteiger partial charge in [-0.25, -0.2) is 13.8 Å². The van der Waals surface area contributed by atoms with Gasteiger partial charge in [0, 0.05) is 29.5 Å². The summed E-state index contributed by atoms with van der Waals surface area (Å²) in [7, 11) is 1.35. The third-order valence-corrected chi connectivity index (χ3v) is 8.36. The molecule has 0 spiro atoms. The molecule has 244 valence electrons. The van der Waals surface area contributed by atoms with Gasteiger partial charge in [0.1, 0.15) is 29.3 Å². The van der Waals surface area contributed by atoms with Crippen molar-refractivity contribution in [2.24, 2.45) is 0 Å². The van der Waals surface area contributed by atoms with Crippen molar-refractivity contribution < 1.29 is 50.9 Å². The predicted molar refractivity (Wildman–Crippen MR) is 153 cm³/mol. The zero-order chi connectivity index (χ0) is 33.1. The van der Waals surface area contributed by atoms with E-state index >= 15 is 0 Å². The molecule has 1 aliphatic heterocycles. The number of methoxy groups -OCH3 is 1. The minimum atomic E-state index is -5.39. The van der Waals surface area contributed by atoms with E-state index in [0.717, 1.165) is 31.0 Å². The van der Waals surface area contributed by atoms with Gasteiger partial charge >= 0.3 is 6.18 Å². The van der Waals surface area contributed by atoms with E-state index in [1.54, 1.807) is 0 Å². The maximum Gasteiger partial charge on any atom is 0.424 e. The highest BCUT2D eigenvalue weighted by Gasteiger charge is 2.58. The van der Waals surface area contributed by atoms with Crippen molar-refractivity contribution in [3.63, 3.8) is 0 Å². The number of carbonyl (C=O) groups excluding carboxylic acids is 2. The molecule has 3 N–H and O–H groups in total. The number of rotatable bonds is 10. The number of alkyl halides is 4. The van der Waals surface area contributed by atoms with Crippen LogP contribution in [0.5, 0.6) is 17.2 Å². The Labute approximate surface area is 260 Å². The zero-order valence-corrected chi connectivity index (χ0v) is 24.8. The van der Waals surface area contributed by atoms with Gasteiger partial charge in [0.2, 0.25) is 11.5 Å². The number of hydrogen-bond donors (Lipinski definition) is 3. The molecule has 2 amide bonds. The summed E-state index contributed by atoms with van der Waals surface area (Å²) in [6.07, 6.45) is -3.46. The number of nitrogens with zero attached hydrogens (tertiary/aromatic N) is 1. The summed E-state index contributed by atoms with van der Waals surface area (Å²) >= 11 is 0. The van der Waals surface area contributed by atoms with Crippen molar-refractivity contribution in [1.29, 1.82) is 0 Å². The van der Waals surface area contributed by atoms with Gasteiger partial charge in [-0.3, -0.25) is 9.59 Å². The Balaban J connectivity index is 1.37. The van der Waals surface area contributed by atoms with Gasteiger partial charge in [0.05, 0.1) is 25.5 Å². The number of benzene rings is 2. The third-order valence-electron chi connectivity index (χ3n) is 8.36. The first-order chi connectivity index (χ1) is 21.7. The van der Waals surface area contributed by atoms with Crippen LogP contribution in [0.25, 0.3) is 11.3 Å². The number of nitrogens with one attached hydrogen (secondary N) is 2. The number of aliphatic hydroxyl groups is 1. The molecule has 1 unspecified atom stereocenters. The van der Waals surface area contributed by atoms with Crippen LogP contribution in [-0.4, -0.2) is 60.2 Å². The molecule has 3 aromatic rings. The topological polar surface area (TPSA) is 119 Å². The van der Waals surface area contributed by atoms with Crippen molar-refractivity contribution in [2.45, 2.75) is 61.7 Å². The molecule has 0 bridgehead atoms. The largest absolute Gasteiger partial charge is 0.493 e. The van der Waals surface area contributed by atoms with Crippen molar-refractivity contribution in [3.05, 3.63) is 71.2 Å². The smallest absolute Gasteiger partial charge is 0.424 e. The highest BCUT2D eigenvalue weighted by Crippen LogP contribution is 2.49. The molecule has 2 atom stereocenters. The van der Waals surface area contributed by atoms with Crippen LogP contribution in [0.3, 0.4) is 0 Å². The van der Waals surface area contributed by atoms with E-state index < -0.39 is 52.9 Å². The Hall–Kier alpha value is -4.46. The van der Waals surface area contributed by atoms with Crippen LogP contribution in [0.2, 0.25) is 0 Å². The van der Waals surface area contributed by atoms with E-state index in [9.17, 15) is 36.6 Å². The maximum absolute atomic E-state index is 14.8. The Bertz CT molecular complexity index is 1690. The van der Waals surface area contributed by atoms with Gasteiger partial charge in [-0.05, 0) is 68.3 Å². The van der Waals surface area contributed by atoms with E-state index in [1.807, 2.05) is 0 Å². The van der Waals surface area contributed by atoms with Gasteiger partial charge in [-0.2, -0.15) is 13.2 Å². The van der Waals surface area contributed by atoms with Crippen molar-refractivity contribution in [3.8, 4) is 28.5 Å². The van der Waals surface area contributed by atoms with E-state index in [4.69, 9.17) is 14.2 Å². The third kappa shape index (κ3) is 5.81. The predicted octanol–water partition coefficient (Wildman–Crippen LogP) is 4.84. The number of halogens is 5. The van der Waals surface area contributed by atoms with Crippen LogP contribution < -0.4 is 24.8 Å². The number of hydrogen-bond acceptors (Lipinski definition) is 7. The van der Waals surface area contributed by atoms with Gasteiger partial charge in [0.15, 0.2) is 17.3 Å². The zero-order valence-electron chi connectivity index (χ0n) is 24.8. The summed E-state index contributed by atoms with van der Waals surface area (Å²) in [5.74, 6) is -3.85. The van der Waals surface area contributed by atoms with Crippen LogP contribution in [0.1, 0.15) is 54.2 Å². The van der Waals surface area contributed by atoms with Crippen molar-refractivity contribution >= 4 is 11.8 Å². The molecule has 2 fully saturated rings. The molecule has 6 rings (SSSR count). The lowest BCUT2D eigenvalue weighted by molar-refractivity contribution is -0.265.